The fourth-order valence-electron chi connectivity index (χ4n) is 1.79. The van der Waals surface area contributed by atoms with E-state index in [-0.39, 0.29) is 5.60 Å². The molecule has 0 radical (unpaired) electrons. The predicted molar refractivity (Wildman–Crippen MR) is 64.0 cm³/mol. The quantitative estimate of drug-likeness (QED) is 0.728. The molecule has 0 aromatic heterocycles. The summed E-state index contributed by atoms with van der Waals surface area (Å²) in [6.07, 6.45) is 0.970. The largest absolute Gasteiger partial charge is 0.484 e. The normalized spacial score (nSPS) is 18.4. The standard InChI is InChI=1S/C12H16ClNO/c1-8-4-5-9(13)11-10(8)14-7-6-12(2,3)15-11/h4-5,14H,6-7H2,1-3H3. The van der Waals surface area contributed by atoms with Gasteiger partial charge in [0.05, 0.1) is 10.7 Å². The van der Waals surface area contributed by atoms with E-state index in [9.17, 15) is 0 Å². The number of hydrogen-bond acceptors (Lipinski definition) is 2. The molecule has 1 aliphatic heterocycles. The maximum absolute atomic E-state index is 6.15. The first-order valence-electron chi connectivity index (χ1n) is 5.22. The van der Waals surface area contributed by atoms with Crippen LogP contribution in [0.3, 0.4) is 0 Å². The molecule has 0 spiro atoms. The number of halogens is 1. The third-order valence-corrected chi connectivity index (χ3v) is 3.02. The van der Waals surface area contributed by atoms with Gasteiger partial charge in [-0.25, -0.2) is 0 Å². The summed E-state index contributed by atoms with van der Waals surface area (Å²) < 4.78 is 5.96. The number of ether oxygens (including phenoxy) is 1. The van der Waals surface area contributed by atoms with Gasteiger partial charge in [-0.2, -0.15) is 0 Å². The van der Waals surface area contributed by atoms with E-state index in [1.54, 1.807) is 0 Å². The van der Waals surface area contributed by atoms with Crippen molar-refractivity contribution >= 4 is 17.3 Å². The van der Waals surface area contributed by atoms with Crippen molar-refractivity contribution in [1.29, 1.82) is 0 Å². The lowest BCUT2D eigenvalue weighted by molar-refractivity contribution is 0.109. The summed E-state index contributed by atoms with van der Waals surface area (Å²) in [4.78, 5) is 0. The van der Waals surface area contributed by atoms with E-state index in [1.807, 2.05) is 12.1 Å². The molecule has 0 unspecified atom stereocenters. The summed E-state index contributed by atoms with van der Waals surface area (Å²) >= 11 is 6.15. The molecule has 0 saturated carbocycles. The molecule has 0 atom stereocenters. The molecular weight excluding hydrogens is 210 g/mol. The Morgan fingerprint density at radius 1 is 1.40 bits per heavy atom. The van der Waals surface area contributed by atoms with Crippen molar-refractivity contribution in [2.24, 2.45) is 0 Å². The van der Waals surface area contributed by atoms with E-state index in [2.05, 4.69) is 26.1 Å². The van der Waals surface area contributed by atoms with Gasteiger partial charge in [-0.05, 0) is 32.4 Å². The van der Waals surface area contributed by atoms with Crippen LogP contribution < -0.4 is 10.1 Å². The molecule has 1 aromatic rings. The van der Waals surface area contributed by atoms with E-state index < -0.39 is 0 Å². The third-order valence-electron chi connectivity index (χ3n) is 2.73. The van der Waals surface area contributed by atoms with Crippen LogP contribution in [0.2, 0.25) is 5.02 Å². The summed E-state index contributed by atoms with van der Waals surface area (Å²) in [6.45, 7) is 7.15. The number of aryl methyl sites for hydroxylation is 1. The first kappa shape index (κ1) is 10.6. The molecule has 3 heteroatoms. The Hall–Kier alpha value is -0.890. The fourth-order valence-corrected chi connectivity index (χ4v) is 1.99. The zero-order chi connectivity index (χ0) is 11.1. The molecule has 1 N–H and O–H groups in total. The molecule has 0 aliphatic carbocycles. The van der Waals surface area contributed by atoms with Crippen LogP contribution in [0, 0.1) is 6.92 Å². The van der Waals surface area contributed by atoms with Crippen molar-refractivity contribution in [3.63, 3.8) is 0 Å². The lowest BCUT2D eigenvalue weighted by atomic mass is 10.1. The lowest BCUT2D eigenvalue weighted by Crippen LogP contribution is -2.28. The van der Waals surface area contributed by atoms with E-state index in [4.69, 9.17) is 16.3 Å². The van der Waals surface area contributed by atoms with Gasteiger partial charge in [0, 0.05) is 13.0 Å². The van der Waals surface area contributed by atoms with Gasteiger partial charge in [0.25, 0.3) is 0 Å². The van der Waals surface area contributed by atoms with Gasteiger partial charge in [-0.15, -0.1) is 0 Å². The molecule has 15 heavy (non-hydrogen) atoms. The van der Waals surface area contributed by atoms with Gasteiger partial charge in [0.15, 0.2) is 5.75 Å². The SMILES string of the molecule is Cc1ccc(Cl)c2c1NCCC(C)(C)O2. The van der Waals surface area contributed by atoms with Crippen LogP contribution in [-0.2, 0) is 0 Å². The van der Waals surface area contributed by atoms with E-state index in [0.29, 0.717) is 5.02 Å². The van der Waals surface area contributed by atoms with Crippen molar-refractivity contribution in [3.05, 3.63) is 22.7 Å². The number of anilines is 1. The number of benzene rings is 1. The van der Waals surface area contributed by atoms with Gasteiger partial charge in [-0.1, -0.05) is 17.7 Å². The molecular formula is C12H16ClNO. The van der Waals surface area contributed by atoms with Crippen LogP contribution in [0.5, 0.6) is 5.75 Å². The van der Waals surface area contributed by atoms with Crippen LogP contribution >= 0.6 is 11.6 Å². The lowest BCUT2D eigenvalue weighted by Gasteiger charge is -2.24. The Bertz CT molecular complexity index is 387. The minimum absolute atomic E-state index is 0.157. The number of hydrogen-bond donors (Lipinski definition) is 1. The summed E-state index contributed by atoms with van der Waals surface area (Å²) in [5.74, 6) is 0.791. The highest BCUT2D eigenvalue weighted by Gasteiger charge is 2.26. The second-order valence-electron chi connectivity index (χ2n) is 4.61. The zero-order valence-electron chi connectivity index (χ0n) is 9.36. The molecule has 2 nitrogen and oxygen atoms in total. The van der Waals surface area contributed by atoms with Crippen LogP contribution in [0.4, 0.5) is 5.69 Å². The molecule has 1 aromatic carbocycles. The second kappa shape index (κ2) is 3.60. The second-order valence-corrected chi connectivity index (χ2v) is 5.01. The number of fused-ring (bicyclic) bond motifs is 1. The Balaban J connectivity index is 2.51. The first-order valence-corrected chi connectivity index (χ1v) is 5.59. The molecule has 1 aliphatic rings. The summed E-state index contributed by atoms with van der Waals surface area (Å²) in [5.41, 5.74) is 2.05. The van der Waals surface area contributed by atoms with Crippen molar-refractivity contribution < 1.29 is 4.74 Å². The fraction of sp³-hybridized carbons (Fsp3) is 0.500. The minimum Gasteiger partial charge on any atom is -0.484 e. The highest BCUT2D eigenvalue weighted by molar-refractivity contribution is 6.32. The van der Waals surface area contributed by atoms with Gasteiger partial charge >= 0.3 is 0 Å². The van der Waals surface area contributed by atoms with Crippen LogP contribution in [-0.4, -0.2) is 12.1 Å². The molecule has 0 fully saturated rings. The highest BCUT2D eigenvalue weighted by Crippen LogP contribution is 2.40. The van der Waals surface area contributed by atoms with E-state index in [1.165, 1.54) is 5.56 Å². The summed E-state index contributed by atoms with van der Waals surface area (Å²) in [6, 6.07) is 3.90. The minimum atomic E-state index is -0.157. The number of rotatable bonds is 0. The molecule has 0 saturated heterocycles. The zero-order valence-corrected chi connectivity index (χ0v) is 10.1. The van der Waals surface area contributed by atoms with Gasteiger partial charge in [-0.3, -0.25) is 0 Å². The Kier molecular flexibility index (Phi) is 2.55. The maximum Gasteiger partial charge on any atom is 0.162 e. The topological polar surface area (TPSA) is 21.3 Å². The molecule has 82 valence electrons. The van der Waals surface area contributed by atoms with E-state index >= 15 is 0 Å². The average molecular weight is 226 g/mol. The third kappa shape index (κ3) is 2.05. The molecule has 0 bridgehead atoms. The van der Waals surface area contributed by atoms with E-state index in [0.717, 1.165) is 24.4 Å². The Morgan fingerprint density at radius 3 is 2.87 bits per heavy atom. The highest BCUT2D eigenvalue weighted by atomic mass is 35.5. The smallest absolute Gasteiger partial charge is 0.162 e. The van der Waals surface area contributed by atoms with Crippen LogP contribution in [0.15, 0.2) is 12.1 Å². The first-order chi connectivity index (χ1) is 6.99. The number of nitrogens with one attached hydrogen (secondary N) is 1. The van der Waals surface area contributed by atoms with Crippen LogP contribution in [0.25, 0.3) is 0 Å². The van der Waals surface area contributed by atoms with Gasteiger partial charge < -0.3 is 10.1 Å². The molecule has 2 rings (SSSR count). The maximum atomic E-state index is 6.15. The average Bonchev–Trinajstić information content (AvgIpc) is 2.31. The van der Waals surface area contributed by atoms with Crippen molar-refractivity contribution in [3.8, 4) is 5.75 Å². The van der Waals surface area contributed by atoms with Crippen molar-refractivity contribution in [1.82, 2.24) is 0 Å². The van der Waals surface area contributed by atoms with Gasteiger partial charge in [0.2, 0.25) is 0 Å². The molecule has 1 heterocycles. The predicted octanol–water partition coefficient (Wildman–Crippen LogP) is 3.62. The summed E-state index contributed by atoms with van der Waals surface area (Å²) in [5, 5.41) is 4.06. The Labute approximate surface area is 95.6 Å². The summed E-state index contributed by atoms with van der Waals surface area (Å²) in [7, 11) is 0. The monoisotopic (exact) mass is 225 g/mol. The molecule has 0 amide bonds. The van der Waals surface area contributed by atoms with Gasteiger partial charge in [0.1, 0.15) is 5.60 Å². The van der Waals surface area contributed by atoms with Crippen molar-refractivity contribution in [2.75, 3.05) is 11.9 Å². The Morgan fingerprint density at radius 2 is 2.13 bits per heavy atom. The van der Waals surface area contributed by atoms with Crippen molar-refractivity contribution in [2.45, 2.75) is 32.8 Å². The van der Waals surface area contributed by atoms with Crippen LogP contribution in [0.1, 0.15) is 25.8 Å².